The molecule has 20 heavy (non-hydrogen) atoms. The van der Waals surface area contributed by atoms with E-state index in [1.54, 1.807) is 0 Å². The first-order valence-corrected chi connectivity index (χ1v) is 6.40. The number of amidine groups is 1. The third-order valence-corrected chi connectivity index (χ3v) is 3.32. The summed E-state index contributed by atoms with van der Waals surface area (Å²) in [5, 5.41) is 14.0. The number of nitrogens with two attached hydrogens (primary N) is 1. The van der Waals surface area contributed by atoms with Gasteiger partial charge in [-0.15, -0.1) is 0 Å². The molecule has 6 heteroatoms. The van der Waals surface area contributed by atoms with Crippen LogP contribution in [0.15, 0.2) is 23.4 Å². The molecule has 0 radical (unpaired) electrons. The summed E-state index contributed by atoms with van der Waals surface area (Å²) in [7, 11) is 0. The molecule has 110 valence electrons. The van der Waals surface area contributed by atoms with Gasteiger partial charge in [0.2, 0.25) is 5.91 Å². The molecule has 1 aromatic carbocycles. The van der Waals surface area contributed by atoms with Crippen molar-refractivity contribution in [1.82, 2.24) is 5.32 Å². The maximum atomic E-state index is 13.8. The Kier molecular flexibility index (Phi) is 5.49. The van der Waals surface area contributed by atoms with Crippen molar-refractivity contribution < 1.29 is 14.4 Å². The van der Waals surface area contributed by atoms with E-state index in [0.717, 1.165) is 0 Å². The summed E-state index contributed by atoms with van der Waals surface area (Å²) in [6.45, 7) is 5.85. The van der Waals surface area contributed by atoms with Crippen LogP contribution in [-0.4, -0.2) is 17.0 Å². The van der Waals surface area contributed by atoms with Gasteiger partial charge in [0.05, 0.1) is 0 Å². The molecule has 0 bridgehead atoms. The second-order valence-corrected chi connectivity index (χ2v) is 5.04. The van der Waals surface area contributed by atoms with E-state index in [1.165, 1.54) is 18.2 Å². The molecular weight excluding hydrogens is 261 g/mol. The summed E-state index contributed by atoms with van der Waals surface area (Å²) in [6.07, 6.45) is 0. The number of rotatable bonds is 5. The summed E-state index contributed by atoms with van der Waals surface area (Å²) in [4.78, 5) is 11.8. The van der Waals surface area contributed by atoms with Gasteiger partial charge < -0.3 is 16.3 Å². The standard InChI is InChI=1S/C14H20FN3O2/c1-8(2)9(3)14(19)17-7-11-5-4-10(6-12(11)15)13(16)18-20/h4-6,8-9,20H,7H2,1-3H3,(H2,16,18)(H,17,19). The summed E-state index contributed by atoms with van der Waals surface area (Å²) >= 11 is 0. The third-order valence-electron chi connectivity index (χ3n) is 3.32. The highest BCUT2D eigenvalue weighted by atomic mass is 19.1. The van der Waals surface area contributed by atoms with Gasteiger partial charge in [-0.25, -0.2) is 4.39 Å². The van der Waals surface area contributed by atoms with E-state index in [2.05, 4.69) is 10.5 Å². The normalized spacial score (nSPS) is 13.3. The lowest BCUT2D eigenvalue weighted by Gasteiger charge is -2.15. The van der Waals surface area contributed by atoms with Crippen LogP contribution in [0.25, 0.3) is 0 Å². The van der Waals surface area contributed by atoms with Gasteiger partial charge in [-0.1, -0.05) is 38.1 Å². The fourth-order valence-corrected chi connectivity index (χ4v) is 1.55. The van der Waals surface area contributed by atoms with Crippen LogP contribution in [-0.2, 0) is 11.3 Å². The molecule has 1 aromatic rings. The van der Waals surface area contributed by atoms with Crippen molar-refractivity contribution in [3.63, 3.8) is 0 Å². The minimum Gasteiger partial charge on any atom is -0.409 e. The van der Waals surface area contributed by atoms with Crippen molar-refractivity contribution in [3.05, 3.63) is 35.1 Å². The molecule has 1 unspecified atom stereocenters. The lowest BCUT2D eigenvalue weighted by atomic mass is 9.97. The molecule has 1 atom stereocenters. The zero-order valence-corrected chi connectivity index (χ0v) is 11.9. The summed E-state index contributed by atoms with van der Waals surface area (Å²) in [5.41, 5.74) is 6.01. The Labute approximate surface area is 117 Å². The number of halogens is 1. The fraction of sp³-hybridized carbons (Fsp3) is 0.429. The lowest BCUT2D eigenvalue weighted by Crippen LogP contribution is -2.31. The average molecular weight is 281 g/mol. The van der Waals surface area contributed by atoms with E-state index in [9.17, 15) is 9.18 Å². The topological polar surface area (TPSA) is 87.7 Å². The second kappa shape index (κ2) is 6.88. The van der Waals surface area contributed by atoms with E-state index < -0.39 is 5.82 Å². The molecule has 0 fully saturated rings. The van der Waals surface area contributed by atoms with Crippen LogP contribution in [0.3, 0.4) is 0 Å². The first-order chi connectivity index (χ1) is 9.36. The van der Waals surface area contributed by atoms with E-state index in [4.69, 9.17) is 10.9 Å². The highest BCUT2D eigenvalue weighted by molar-refractivity contribution is 5.97. The first-order valence-electron chi connectivity index (χ1n) is 6.40. The molecule has 0 aliphatic heterocycles. The number of benzene rings is 1. The molecular formula is C14H20FN3O2. The van der Waals surface area contributed by atoms with Crippen LogP contribution in [0.2, 0.25) is 0 Å². The number of oxime groups is 1. The van der Waals surface area contributed by atoms with Crippen molar-refractivity contribution in [3.8, 4) is 0 Å². The molecule has 0 aromatic heterocycles. The number of nitrogens with zero attached hydrogens (tertiary/aromatic N) is 1. The second-order valence-electron chi connectivity index (χ2n) is 5.04. The maximum Gasteiger partial charge on any atom is 0.223 e. The van der Waals surface area contributed by atoms with Gasteiger partial charge in [0.25, 0.3) is 0 Å². The van der Waals surface area contributed by atoms with E-state index in [0.29, 0.717) is 5.56 Å². The highest BCUT2D eigenvalue weighted by Crippen LogP contribution is 2.12. The number of nitrogens with one attached hydrogen (secondary N) is 1. The predicted molar refractivity (Wildman–Crippen MR) is 74.8 cm³/mol. The fourth-order valence-electron chi connectivity index (χ4n) is 1.55. The molecule has 0 saturated carbocycles. The van der Waals surface area contributed by atoms with Gasteiger partial charge >= 0.3 is 0 Å². The molecule has 0 heterocycles. The summed E-state index contributed by atoms with van der Waals surface area (Å²) in [6, 6.07) is 4.21. The zero-order chi connectivity index (χ0) is 15.3. The quantitative estimate of drug-likeness (QED) is 0.333. The third kappa shape index (κ3) is 3.94. The van der Waals surface area contributed by atoms with Gasteiger partial charge in [0.1, 0.15) is 5.82 Å². The molecule has 1 rings (SSSR count). The molecule has 1 amide bonds. The van der Waals surface area contributed by atoms with Crippen LogP contribution in [0.1, 0.15) is 31.9 Å². The smallest absolute Gasteiger partial charge is 0.223 e. The number of amides is 1. The van der Waals surface area contributed by atoms with Gasteiger partial charge in [0, 0.05) is 23.6 Å². The molecule has 0 aliphatic rings. The SMILES string of the molecule is CC(C)C(C)C(=O)NCc1ccc(C(N)=NO)cc1F. The molecule has 5 nitrogen and oxygen atoms in total. The van der Waals surface area contributed by atoms with Crippen molar-refractivity contribution >= 4 is 11.7 Å². The average Bonchev–Trinajstić information content (AvgIpc) is 2.43. The van der Waals surface area contributed by atoms with E-state index in [-0.39, 0.29) is 35.7 Å². The molecule has 0 aliphatic carbocycles. The van der Waals surface area contributed by atoms with Gasteiger partial charge in [-0.2, -0.15) is 0 Å². The van der Waals surface area contributed by atoms with E-state index >= 15 is 0 Å². The molecule has 0 spiro atoms. The lowest BCUT2D eigenvalue weighted by molar-refractivity contribution is -0.125. The minimum atomic E-state index is -0.508. The zero-order valence-electron chi connectivity index (χ0n) is 11.9. The van der Waals surface area contributed by atoms with Crippen LogP contribution in [0, 0.1) is 17.7 Å². The number of carbonyl (C=O) groups excluding carboxylic acids is 1. The number of hydrogen-bond donors (Lipinski definition) is 3. The Balaban J connectivity index is 2.73. The van der Waals surface area contributed by atoms with Crippen molar-refractivity contribution in [2.24, 2.45) is 22.7 Å². The van der Waals surface area contributed by atoms with Crippen molar-refractivity contribution in [2.45, 2.75) is 27.3 Å². The Morgan fingerprint density at radius 1 is 1.45 bits per heavy atom. The van der Waals surface area contributed by atoms with Crippen molar-refractivity contribution in [2.75, 3.05) is 0 Å². The van der Waals surface area contributed by atoms with Crippen molar-refractivity contribution in [1.29, 1.82) is 0 Å². The monoisotopic (exact) mass is 281 g/mol. The molecule has 0 saturated heterocycles. The minimum absolute atomic E-state index is 0.109. The van der Waals surface area contributed by atoms with Gasteiger partial charge in [-0.3, -0.25) is 4.79 Å². The van der Waals surface area contributed by atoms with Crippen LogP contribution in [0.4, 0.5) is 4.39 Å². The predicted octanol–water partition coefficient (Wildman–Crippen LogP) is 1.83. The van der Waals surface area contributed by atoms with Crippen LogP contribution < -0.4 is 11.1 Å². The van der Waals surface area contributed by atoms with E-state index in [1.807, 2.05) is 20.8 Å². The highest BCUT2D eigenvalue weighted by Gasteiger charge is 2.16. The van der Waals surface area contributed by atoms with Gasteiger partial charge in [0.15, 0.2) is 5.84 Å². The van der Waals surface area contributed by atoms with Crippen LogP contribution >= 0.6 is 0 Å². The number of carbonyl (C=O) groups is 1. The Morgan fingerprint density at radius 2 is 2.10 bits per heavy atom. The van der Waals surface area contributed by atoms with Crippen LogP contribution in [0.5, 0.6) is 0 Å². The summed E-state index contributed by atoms with van der Waals surface area (Å²) < 4.78 is 13.8. The largest absolute Gasteiger partial charge is 0.409 e. The van der Waals surface area contributed by atoms with Gasteiger partial charge in [-0.05, 0) is 12.0 Å². The number of hydrogen-bond acceptors (Lipinski definition) is 3. The Bertz CT molecular complexity index is 515. The maximum absolute atomic E-state index is 13.8. The first kappa shape index (κ1) is 15.9. The Hall–Kier alpha value is -2.11. The summed E-state index contributed by atoms with van der Waals surface area (Å²) in [5.74, 6) is -0.684. The Morgan fingerprint density at radius 3 is 2.60 bits per heavy atom. The molecule has 4 N–H and O–H groups in total.